The third-order valence-corrected chi connectivity index (χ3v) is 3.16. The highest BCUT2D eigenvalue weighted by atomic mass is 16.6. The largest absolute Gasteiger partial charge is 0.450 e. The van der Waals surface area contributed by atoms with Gasteiger partial charge >= 0.3 is 6.09 Å². The Labute approximate surface area is 107 Å². The number of aromatic nitrogens is 1. The first kappa shape index (κ1) is 12.7. The number of carbonyl (C=O) groups excluding carboxylic acids is 1. The van der Waals surface area contributed by atoms with E-state index < -0.39 is 0 Å². The fraction of sp³-hybridized carbons (Fsp3) is 0.538. The van der Waals surface area contributed by atoms with Crippen molar-refractivity contribution in [2.45, 2.75) is 19.8 Å². The average molecular weight is 249 g/mol. The van der Waals surface area contributed by atoms with Crippen molar-refractivity contribution in [3.05, 3.63) is 24.0 Å². The van der Waals surface area contributed by atoms with Crippen molar-refractivity contribution in [1.29, 1.82) is 0 Å². The van der Waals surface area contributed by atoms with Crippen LogP contribution < -0.4 is 5.73 Å². The van der Waals surface area contributed by atoms with Crippen LogP contribution in [0.1, 0.15) is 19.0 Å². The van der Waals surface area contributed by atoms with E-state index in [4.69, 9.17) is 10.5 Å². The van der Waals surface area contributed by atoms with Crippen LogP contribution in [0.4, 0.5) is 10.5 Å². The Morgan fingerprint density at radius 1 is 1.61 bits per heavy atom. The van der Waals surface area contributed by atoms with Crippen LogP contribution >= 0.6 is 0 Å². The molecule has 0 bridgehead atoms. The van der Waals surface area contributed by atoms with Gasteiger partial charge in [0, 0.05) is 18.8 Å². The third kappa shape index (κ3) is 3.12. The van der Waals surface area contributed by atoms with Crippen LogP contribution in [0.3, 0.4) is 0 Å². The van der Waals surface area contributed by atoms with Crippen LogP contribution in [-0.2, 0) is 11.2 Å². The molecule has 18 heavy (non-hydrogen) atoms. The number of ether oxygens (including phenoxy) is 1. The topological polar surface area (TPSA) is 68.5 Å². The predicted molar refractivity (Wildman–Crippen MR) is 69.1 cm³/mol. The van der Waals surface area contributed by atoms with Crippen LogP contribution in [0, 0.1) is 5.92 Å². The summed E-state index contributed by atoms with van der Waals surface area (Å²) in [6, 6.07) is 3.81. The normalized spacial score (nSPS) is 18.9. The lowest BCUT2D eigenvalue weighted by Crippen LogP contribution is -2.29. The van der Waals surface area contributed by atoms with E-state index in [-0.39, 0.29) is 6.09 Å². The summed E-state index contributed by atoms with van der Waals surface area (Å²) in [6.07, 6.45) is 3.36. The first-order chi connectivity index (χ1) is 8.69. The quantitative estimate of drug-likeness (QED) is 0.885. The molecule has 1 aliphatic heterocycles. The lowest BCUT2D eigenvalue weighted by molar-refractivity contribution is 0.114. The smallest absolute Gasteiger partial charge is 0.409 e. The lowest BCUT2D eigenvalue weighted by atomic mass is 10.0. The second kappa shape index (κ2) is 5.71. The van der Waals surface area contributed by atoms with Gasteiger partial charge in [-0.2, -0.15) is 0 Å². The minimum atomic E-state index is -0.203. The first-order valence-electron chi connectivity index (χ1n) is 6.31. The van der Waals surface area contributed by atoms with Gasteiger partial charge in [0.15, 0.2) is 0 Å². The first-order valence-corrected chi connectivity index (χ1v) is 6.31. The molecule has 1 fully saturated rings. The van der Waals surface area contributed by atoms with Crippen LogP contribution in [0.2, 0.25) is 0 Å². The molecule has 2 N–H and O–H groups in total. The van der Waals surface area contributed by atoms with E-state index in [0.29, 0.717) is 18.2 Å². The number of nitrogens with zero attached hydrogens (tertiary/aromatic N) is 2. The molecular formula is C13H19N3O2. The molecule has 0 aromatic carbocycles. The Morgan fingerprint density at radius 2 is 2.44 bits per heavy atom. The van der Waals surface area contributed by atoms with E-state index >= 15 is 0 Å². The van der Waals surface area contributed by atoms with Gasteiger partial charge in [0.1, 0.15) is 0 Å². The predicted octanol–water partition coefficient (Wildman–Crippen LogP) is 1.68. The van der Waals surface area contributed by atoms with Crippen molar-refractivity contribution in [2.75, 3.05) is 25.4 Å². The number of hydrogen-bond acceptors (Lipinski definition) is 4. The SMILES string of the molecule is CCOC(=O)N1CCC(Cc2ccc(N)cn2)C1. The lowest BCUT2D eigenvalue weighted by Gasteiger charge is -2.15. The molecule has 1 amide bonds. The summed E-state index contributed by atoms with van der Waals surface area (Å²) in [5.74, 6) is 0.463. The molecule has 1 atom stereocenters. The number of rotatable bonds is 3. The van der Waals surface area contributed by atoms with Gasteiger partial charge in [-0.15, -0.1) is 0 Å². The van der Waals surface area contributed by atoms with Crippen LogP contribution in [0.25, 0.3) is 0 Å². The second-order valence-corrected chi connectivity index (χ2v) is 4.59. The minimum Gasteiger partial charge on any atom is -0.450 e. The fourth-order valence-corrected chi connectivity index (χ4v) is 2.23. The summed E-state index contributed by atoms with van der Waals surface area (Å²) in [7, 11) is 0. The molecule has 0 spiro atoms. The highest BCUT2D eigenvalue weighted by molar-refractivity contribution is 5.67. The van der Waals surface area contributed by atoms with Gasteiger partial charge in [-0.05, 0) is 37.8 Å². The second-order valence-electron chi connectivity index (χ2n) is 4.59. The molecule has 1 aliphatic rings. The number of likely N-dealkylation sites (tertiary alicyclic amines) is 1. The average Bonchev–Trinajstić information content (AvgIpc) is 2.81. The number of carbonyl (C=O) groups is 1. The van der Waals surface area contributed by atoms with Gasteiger partial charge in [-0.3, -0.25) is 4.98 Å². The van der Waals surface area contributed by atoms with E-state index in [1.54, 1.807) is 11.1 Å². The van der Waals surface area contributed by atoms with Gasteiger partial charge in [0.25, 0.3) is 0 Å². The highest BCUT2D eigenvalue weighted by Gasteiger charge is 2.27. The Hall–Kier alpha value is -1.78. The maximum Gasteiger partial charge on any atom is 0.409 e. The molecule has 0 aliphatic carbocycles. The van der Waals surface area contributed by atoms with Gasteiger partial charge in [0.05, 0.1) is 18.5 Å². The van der Waals surface area contributed by atoms with Gasteiger partial charge < -0.3 is 15.4 Å². The summed E-state index contributed by atoms with van der Waals surface area (Å²) in [5, 5.41) is 0. The molecular weight excluding hydrogens is 230 g/mol. The molecule has 2 rings (SSSR count). The van der Waals surface area contributed by atoms with Crippen molar-refractivity contribution in [2.24, 2.45) is 5.92 Å². The number of hydrogen-bond donors (Lipinski definition) is 1. The summed E-state index contributed by atoms with van der Waals surface area (Å²) in [4.78, 5) is 17.6. The molecule has 0 radical (unpaired) electrons. The summed E-state index contributed by atoms with van der Waals surface area (Å²) < 4.78 is 4.99. The number of anilines is 1. The molecule has 1 aromatic heterocycles. The van der Waals surface area contributed by atoms with E-state index in [1.807, 2.05) is 19.1 Å². The zero-order chi connectivity index (χ0) is 13.0. The number of amides is 1. The van der Waals surface area contributed by atoms with E-state index in [2.05, 4.69) is 4.98 Å². The van der Waals surface area contributed by atoms with Crippen molar-refractivity contribution < 1.29 is 9.53 Å². The molecule has 1 aromatic rings. The molecule has 5 heteroatoms. The number of nitrogen functional groups attached to an aromatic ring is 1. The Morgan fingerprint density at radius 3 is 3.11 bits per heavy atom. The minimum absolute atomic E-state index is 0.203. The molecule has 2 heterocycles. The Kier molecular flexibility index (Phi) is 4.02. The zero-order valence-corrected chi connectivity index (χ0v) is 10.6. The molecule has 1 saturated heterocycles. The molecule has 1 unspecified atom stereocenters. The Balaban J connectivity index is 1.86. The summed E-state index contributed by atoms with van der Waals surface area (Å²) in [6.45, 7) is 3.78. The Bertz CT molecular complexity index is 405. The van der Waals surface area contributed by atoms with Crippen LogP contribution in [0.5, 0.6) is 0 Å². The van der Waals surface area contributed by atoms with Crippen LogP contribution in [-0.4, -0.2) is 35.7 Å². The van der Waals surface area contributed by atoms with Crippen molar-refractivity contribution in [1.82, 2.24) is 9.88 Å². The molecule has 98 valence electrons. The third-order valence-electron chi connectivity index (χ3n) is 3.16. The van der Waals surface area contributed by atoms with Crippen molar-refractivity contribution >= 4 is 11.8 Å². The molecule has 0 saturated carbocycles. The van der Waals surface area contributed by atoms with Gasteiger partial charge in [-0.1, -0.05) is 0 Å². The van der Waals surface area contributed by atoms with E-state index in [0.717, 1.165) is 31.6 Å². The van der Waals surface area contributed by atoms with Gasteiger partial charge in [0.2, 0.25) is 0 Å². The standard InChI is InChI=1S/C13H19N3O2/c1-2-18-13(17)16-6-5-10(9-16)7-12-4-3-11(14)8-15-12/h3-4,8,10H,2,5-7,9,14H2,1H3. The number of nitrogens with two attached hydrogens (primary N) is 1. The highest BCUT2D eigenvalue weighted by Crippen LogP contribution is 2.20. The fourth-order valence-electron chi connectivity index (χ4n) is 2.23. The van der Waals surface area contributed by atoms with Gasteiger partial charge in [-0.25, -0.2) is 4.79 Å². The van der Waals surface area contributed by atoms with Crippen molar-refractivity contribution in [3.8, 4) is 0 Å². The zero-order valence-electron chi connectivity index (χ0n) is 10.6. The maximum atomic E-state index is 11.6. The summed E-state index contributed by atoms with van der Waals surface area (Å²) >= 11 is 0. The monoisotopic (exact) mass is 249 g/mol. The van der Waals surface area contributed by atoms with E-state index in [9.17, 15) is 4.79 Å². The molecule has 5 nitrogen and oxygen atoms in total. The van der Waals surface area contributed by atoms with Crippen molar-refractivity contribution in [3.63, 3.8) is 0 Å². The van der Waals surface area contributed by atoms with Crippen LogP contribution in [0.15, 0.2) is 18.3 Å². The number of pyridine rings is 1. The van der Waals surface area contributed by atoms with E-state index in [1.165, 1.54) is 0 Å². The summed E-state index contributed by atoms with van der Waals surface area (Å²) in [5.41, 5.74) is 7.30. The maximum absolute atomic E-state index is 11.6.